The summed E-state index contributed by atoms with van der Waals surface area (Å²) in [5.41, 5.74) is 3.63. The monoisotopic (exact) mass is 437 g/mol. The van der Waals surface area contributed by atoms with Gasteiger partial charge in [0.2, 0.25) is 5.91 Å². The number of rotatable bonds is 5. The number of nitrogens with zero attached hydrogens (tertiary/aromatic N) is 3. The van der Waals surface area contributed by atoms with Gasteiger partial charge in [-0.2, -0.15) is 0 Å². The van der Waals surface area contributed by atoms with Gasteiger partial charge in [-0.05, 0) is 62.1 Å². The molecule has 7 nitrogen and oxygen atoms in total. The molecule has 0 saturated carbocycles. The molecular weight excluding hydrogens is 410 g/mol. The highest BCUT2D eigenvalue weighted by atomic mass is 32.1. The number of para-hydroxylation sites is 1. The lowest BCUT2D eigenvalue weighted by atomic mass is 10.1. The molecule has 4 rings (SSSR count). The highest BCUT2D eigenvalue weighted by molar-refractivity contribution is 7.71. The molecule has 1 amide bonds. The van der Waals surface area contributed by atoms with Crippen LogP contribution in [-0.4, -0.2) is 53.6 Å². The molecule has 8 heteroatoms. The summed E-state index contributed by atoms with van der Waals surface area (Å²) in [7, 11) is 2.14. The minimum absolute atomic E-state index is 0.152. The molecular formula is C23H27N5O2S. The number of amides is 1. The van der Waals surface area contributed by atoms with Crippen molar-refractivity contribution in [2.45, 2.75) is 19.9 Å². The summed E-state index contributed by atoms with van der Waals surface area (Å²) >= 11 is 5.32. The molecule has 0 radical (unpaired) electrons. The zero-order valence-corrected chi connectivity index (χ0v) is 18.7. The Bertz CT molecular complexity index is 1220. The summed E-state index contributed by atoms with van der Waals surface area (Å²) in [6.07, 6.45) is 0.162. The van der Waals surface area contributed by atoms with E-state index in [0.717, 1.165) is 37.4 Å². The second kappa shape index (κ2) is 9.03. The van der Waals surface area contributed by atoms with Crippen molar-refractivity contribution in [1.29, 1.82) is 0 Å². The number of piperazine rings is 1. The third-order valence-corrected chi connectivity index (χ3v) is 6.10. The van der Waals surface area contributed by atoms with E-state index in [9.17, 15) is 9.59 Å². The number of aromatic nitrogens is 2. The van der Waals surface area contributed by atoms with Gasteiger partial charge in [-0.25, -0.2) is 0 Å². The Balaban J connectivity index is 1.41. The van der Waals surface area contributed by atoms with Crippen molar-refractivity contribution in [2.75, 3.05) is 43.4 Å². The van der Waals surface area contributed by atoms with E-state index >= 15 is 0 Å². The van der Waals surface area contributed by atoms with Crippen molar-refractivity contribution in [3.63, 3.8) is 0 Å². The molecule has 1 aliphatic rings. The van der Waals surface area contributed by atoms with Crippen molar-refractivity contribution in [3.05, 3.63) is 63.2 Å². The van der Waals surface area contributed by atoms with Crippen LogP contribution in [0.3, 0.4) is 0 Å². The number of H-pyrrole nitrogens is 1. The van der Waals surface area contributed by atoms with Gasteiger partial charge in [0.15, 0.2) is 4.77 Å². The predicted octanol–water partition coefficient (Wildman–Crippen LogP) is 3.15. The van der Waals surface area contributed by atoms with E-state index in [4.69, 9.17) is 12.2 Å². The van der Waals surface area contributed by atoms with Crippen molar-refractivity contribution < 1.29 is 4.79 Å². The largest absolute Gasteiger partial charge is 0.369 e. The third kappa shape index (κ3) is 4.70. The molecule has 1 aromatic heterocycles. The molecule has 2 N–H and O–H groups in total. The number of aryl methyl sites for hydroxylation is 1. The lowest BCUT2D eigenvalue weighted by Crippen LogP contribution is -2.44. The van der Waals surface area contributed by atoms with Gasteiger partial charge < -0.3 is 20.1 Å². The van der Waals surface area contributed by atoms with Crippen molar-refractivity contribution >= 4 is 40.4 Å². The fraction of sp³-hybridized carbons (Fsp3) is 0.348. The minimum Gasteiger partial charge on any atom is -0.369 e. The van der Waals surface area contributed by atoms with Gasteiger partial charge in [0.25, 0.3) is 5.56 Å². The lowest BCUT2D eigenvalue weighted by Gasteiger charge is -2.35. The normalized spacial score (nSPS) is 14.7. The lowest BCUT2D eigenvalue weighted by molar-refractivity contribution is -0.116. The number of carbonyl (C=O) groups excluding carboxylic acids is 1. The molecule has 2 heterocycles. The van der Waals surface area contributed by atoms with Crippen molar-refractivity contribution in [1.82, 2.24) is 14.5 Å². The van der Waals surface area contributed by atoms with E-state index < -0.39 is 0 Å². The zero-order chi connectivity index (χ0) is 22.0. The summed E-state index contributed by atoms with van der Waals surface area (Å²) in [4.78, 5) is 33.0. The van der Waals surface area contributed by atoms with Crippen LogP contribution in [0.2, 0.25) is 0 Å². The topological polar surface area (TPSA) is 73.4 Å². The number of likely N-dealkylation sites (N-methyl/N-ethyl adjacent to an activating group) is 1. The Morgan fingerprint density at radius 3 is 2.61 bits per heavy atom. The van der Waals surface area contributed by atoms with Crippen LogP contribution in [0.5, 0.6) is 0 Å². The number of anilines is 2. The number of hydrogen-bond donors (Lipinski definition) is 2. The first-order valence-corrected chi connectivity index (χ1v) is 10.9. The molecule has 2 aromatic carbocycles. The van der Waals surface area contributed by atoms with Gasteiger partial charge in [0.05, 0.1) is 10.9 Å². The average Bonchev–Trinajstić information content (AvgIpc) is 2.74. The van der Waals surface area contributed by atoms with Gasteiger partial charge in [-0.1, -0.05) is 12.1 Å². The van der Waals surface area contributed by atoms with Gasteiger partial charge in [0.1, 0.15) is 0 Å². The van der Waals surface area contributed by atoms with Gasteiger partial charge in [0, 0.05) is 50.5 Å². The number of nitrogens with one attached hydrogen (secondary N) is 2. The molecule has 1 saturated heterocycles. The van der Waals surface area contributed by atoms with Crippen LogP contribution >= 0.6 is 12.2 Å². The van der Waals surface area contributed by atoms with Crippen LogP contribution in [0.15, 0.2) is 47.3 Å². The minimum atomic E-state index is -0.181. The van der Waals surface area contributed by atoms with Gasteiger partial charge >= 0.3 is 0 Å². The maximum Gasteiger partial charge on any atom is 0.262 e. The van der Waals surface area contributed by atoms with E-state index in [2.05, 4.69) is 40.1 Å². The van der Waals surface area contributed by atoms with Crippen LogP contribution < -0.4 is 15.8 Å². The molecule has 162 valence electrons. The second-order valence-corrected chi connectivity index (χ2v) is 8.41. The summed E-state index contributed by atoms with van der Waals surface area (Å²) in [6, 6.07) is 13.2. The van der Waals surface area contributed by atoms with E-state index in [0.29, 0.717) is 15.7 Å². The number of aromatic amines is 1. The Morgan fingerprint density at radius 2 is 1.87 bits per heavy atom. The zero-order valence-electron chi connectivity index (χ0n) is 17.9. The van der Waals surface area contributed by atoms with E-state index in [1.54, 1.807) is 6.07 Å². The predicted molar refractivity (Wildman–Crippen MR) is 128 cm³/mol. The Labute approximate surface area is 186 Å². The Kier molecular flexibility index (Phi) is 6.20. The fourth-order valence-electron chi connectivity index (χ4n) is 3.97. The van der Waals surface area contributed by atoms with Crippen molar-refractivity contribution in [2.24, 2.45) is 0 Å². The molecule has 1 aliphatic heterocycles. The molecule has 0 spiro atoms. The maximum atomic E-state index is 12.7. The number of fused-ring (bicyclic) bond motifs is 1. The standard InChI is InChI=1S/C23H27N5O2S/c1-16-15-17(7-8-20(16)27-13-11-26(2)12-14-27)24-21(29)9-10-28-22(30)18-5-3-4-6-19(18)25-23(28)31/h3-8,15H,9-14H2,1-2H3,(H,24,29)(H,25,31). The fourth-order valence-corrected chi connectivity index (χ4v) is 4.26. The van der Waals surface area contributed by atoms with Crippen molar-refractivity contribution in [3.8, 4) is 0 Å². The molecule has 0 unspecified atom stereocenters. The van der Waals surface area contributed by atoms with Gasteiger partial charge in [-0.15, -0.1) is 0 Å². The Hall–Kier alpha value is -2.97. The Morgan fingerprint density at radius 1 is 1.13 bits per heavy atom. The second-order valence-electron chi connectivity index (χ2n) is 8.02. The van der Waals surface area contributed by atoms with Crippen LogP contribution in [0.4, 0.5) is 11.4 Å². The number of carbonyl (C=O) groups is 1. The SMILES string of the molecule is Cc1cc(NC(=O)CCn2c(=S)[nH]c3ccccc3c2=O)ccc1N1CCN(C)CC1. The summed E-state index contributed by atoms with van der Waals surface area (Å²) in [5.74, 6) is -0.152. The smallest absolute Gasteiger partial charge is 0.262 e. The molecule has 31 heavy (non-hydrogen) atoms. The molecule has 0 aliphatic carbocycles. The van der Waals surface area contributed by atoms with Crippen LogP contribution in [-0.2, 0) is 11.3 Å². The quantitative estimate of drug-likeness (QED) is 0.600. The van der Waals surface area contributed by atoms with E-state index in [1.165, 1.54) is 10.3 Å². The van der Waals surface area contributed by atoms with E-state index in [-0.39, 0.29) is 24.4 Å². The number of hydrogen-bond acceptors (Lipinski definition) is 5. The van der Waals surface area contributed by atoms with Gasteiger partial charge in [-0.3, -0.25) is 14.2 Å². The highest BCUT2D eigenvalue weighted by Gasteiger charge is 2.16. The first kappa shape index (κ1) is 21.3. The average molecular weight is 438 g/mol. The maximum absolute atomic E-state index is 12.7. The highest BCUT2D eigenvalue weighted by Crippen LogP contribution is 2.24. The third-order valence-electron chi connectivity index (χ3n) is 5.78. The summed E-state index contributed by atoms with van der Waals surface area (Å²) in [6.45, 7) is 6.40. The first-order valence-electron chi connectivity index (χ1n) is 10.5. The first-order chi connectivity index (χ1) is 14.9. The summed E-state index contributed by atoms with van der Waals surface area (Å²) in [5, 5.41) is 3.50. The molecule has 0 atom stereocenters. The van der Waals surface area contributed by atoms with Crippen LogP contribution in [0.1, 0.15) is 12.0 Å². The van der Waals surface area contributed by atoms with E-state index in [1.807, 2.05) is 30.3 Å². The molecule has 3 aromatic rings. The molecule has 0 bridgehead atoms. The summed E-state index contributed by atoms with van der Waals surface area (Å²) < 4.78 is 1.77. The molecule has 1 fully saturated rings. The van der Waals surface area contributed by atoms with Crippen LogP contribution in [0, 0.1) is 11.7 Å². The number of benzene rings is 2. The van der Waals surface area contributed by atoms with Crippen LogP contribution in [0.25, 0.3) is 10.9 Å².